The van der Waals surface area contributed by atoms with E-state index in [0.717, 1.165) is 28.2 Å². The molecule has 1 amide bonds. The van der Waals surface area contributed by atoms with Crippen molar-refractivity contribution in [3.05, 3.63) is 96.7 Å². The summed E-state index contributed by atoms with van der Waals surface area (Å²) in [6.45, 7) is 1.92. The Bertz CT molecular complexity index is 1340. The van der Waals surface area contributed by atoms with Gasteiger partial charge in [-0.3, -0.25) is 9.36 Å². The molecule has 146 valence electrons. The quantitative estimate of drug-likeness (QED) is 0.496. The predicted molar refractivity (Wildman–Crippen MR) is 115 cm³/mol. The molecule has 0 radical (unpaired) electrons. The Morgan fingerprint density at radius 1 is 0.933 bits per heavy atom. The van der Waals surface area contributed by atoms with E-state index in [0.29, 0.717) is 11.4 Å². The van der Waals surface area contributed by atoms with Gasteiger partial charge >= 0.3 is 0 Å². The number of fused-ring (bicyclic) bond motifs is 1. The summed E-state index contributed by atoms with van der Waals surface area (Å²) in [7, 11) is 0. The molecule has 0 aliphatic heterocycles. The molecule has 3 heterocycles. The molecule has 0 fully saturated rings. The molecule has 0 saturated carbocycles. The number of imidazole rings is 1. The summed E-state index contributed by atoms with van der Waals surface area (Å²) >= 11 is 0. The van der Waals surface area contributed by atoms with Gasteiger partial charge in [0, 0.05) is 5.69 Å². The van der Waals surface area contributed by atoms with Gasteiger partial charge in [-0.15, -0.1) is 0 Å². The minimum atomic E-state index is -0.282. The molecule has 0 atom stereocenters. The topological polar surface area (TPSA) is 77.6 Å². The smallest absolute Gasteiger partial charge is 0.276 e. The first kappa shape index (κ1) is 17.8. The number of benzene rings is 2. The number of nitrogens with zero attached hydrogens (tertiary/aromatic N) is 5. The second-order valence-electron chi connectivity index (χ2n) is 6.88. The van der Waals surface area contributed by atoms with Gasteiger partial charge in [0.2, 0.25) is 0 Å². The Morgan fingerprint density at radius 2 is 1.73 bits per heavy atom. The van der Waals surface area contributed by atoms with E-state index in [-0.39, 0.29) is 5.91 Å². The van der Waals surface area contributed by atoms with Crippen molar-refractivity contribution in [1.82, 2.24) is 24.3 Å². The van der Waals surface area contributed by atoms with Crippen LogP contribution in [0.1, 0.15) is 16.2 Å². The van der Waals surface area contributed by atoms with Crippen LogP contribution in [-0.2, 0) is 0 Å². The molecule has 5 aromatic rings. The van der Waals surface area contributed by atoms with Gasteiger partial charge in [0.1, 0.15) is 12.1 Å². The number of carbonyl (C=O) groups excluding carboxylic acids is 1. The summed E-state index contributed by atoms with van der Waals surface area (Å²) < 4.78 is 3.66. The molecule has 2 aromatic carbocycles. The number of rotatable bonds is 4. The zero-order chi connectivity index (χ0) is 20.5. The number of hydrogen-bond donors (Lipinski definition) is 1. The zero-order valence-electron chi connectivity index (χ0n) is 16.2. The number of pyridine rings is 1. The van der Waals surface area contributed by atoms with E-state index in [4.69, 9.17) is 0 Å². The monoisotopic (exact) mass is 394 g/mol. The van der Waals surface area contributed by atoms with Crippen LogP contribution in [0.2, 0.25) is 0 Å². The lowest BCUT2D eigenvalue weighted by atomic mass is 10.3. The van der Waals surface area contributed by atoms with Crippen LogP contribution >= 0.6 is 0 Å². The third kappa shape index (κ3) is 3.22. The molecule has 0 saturated heterocycles. The fraction of sp³-hybridized carbons (Fsp3) is 0.0435. The molecular weight excluding hydrogens is 376 g/mol. The van der Waals surface area contributed by atoms with Crippen molar-refractivity contribution < 1.29 is 4.79 Å². The maximum absolute atomic E-state index is 12.7. The maximum atomic E-state index is 12.7. The van der Waals surface area contributed by atoms with Crippen LogP contribution in [0.25, 0.3) is 22.5 Å². The largest absolute Gasteiger partial charge is 0.319 e. The third-order valence-electron chi connectivity index (χ3n) is 4.83. The summed E-state index contributed by atoms with van der Waals surface area (Å²) in [5.41, 5.74) is 4.62. The predicted octanol–water partition coefficient (Wildman–Crippen LogP) is 4.17. The lowest BCUT2D eigenvalue weighted by molar-refractivity contribution is 0.102. The molecule has 0 aliphatic carbocycles. The van der Waals surface area contributed by atoms with E-state index in [1.807, 2.05) is 78.2 Å². The lowest BCUT2D eigenvalue weighted by Crippen LogP contribution is -2.13. The van der Waals surface area contributed by atoms with Crippen LogP contribution in [0.15, 0.2) is 85.3 Å². The molecule has 0 bridgehead atoms. The maximum Gasteiger partial charge on any atom is 0.276 e. The first-order chi connectivity index (χ1) is 14.7. The van der Waals surface area contributed by atoms with E-state index < -0.39 is 0 Å². The van der Waals surface area contributed by atoms with E-state index in [1.165, 1.54) is 0 Å². The molecule has 0 aliphatic rings. The highest BCUT2D eigenvalue weighted by atomic mass is 16.2. The van der Waals surface area contributed by atoms with Crippen molar-refractivity contribution in [2.75, 3.05) is 5.32 Å². The minimum absolute atomic E-state index is 0.282. The number of anilines is 1. The van der Waals surface area contributed by atoms with Gasteiger partial charge < -0.3 is 5.32 Å². The fourth-order valence-electron chi connectivity index (χ4n) is 3.36. The van der Waals surface area contributed by atoms with Crippen LogP contribution in [0, 0.1) is 6.92 Å². The molecule has 0 spiro atoms. The average molecular weight is 394 g/mol. The Morgan fingerprint density at radius 3 is 2.53 bits per heavy atom. The van der Waals surface area contributed by atoms with Gasteiger partial charge in [-0.05, 0) is 49.4 Å². The third-order valence-corrected chi connectivity index (χ3v) is 4.83. The van der Waals surface area contributed by atoms with Crippen LogP contribution in [0.3, 0.4) is 0 Å². The van der Waals surface area contributed by atoms with E-state index in [2.05, 4.69) is 20.4 Å². The van der Waals surface area contributed by atoms with Crippen LogP contribution in [0.4, 0.5) is 5.69 Å². The van der Waals surface area contributed by atoms with Crippen LogP contribution in [0.5, 0.6) is 0 Å². The molecule has 7 heteroatoms. The van der Waals surface area contributed by atoms with Crippen molar-refractivity contribution in [3.8, 4) is 11.5 Å². The van der Waals surface area contributed by atoms with Crippen molar-refractivity contribution in [2.24, 2.45) is 0 Å². The summed E-state index contributed by atoms with van der Waals surface area (Å²) in [5.74, 6) is 0.446. The van der Waals surface area contributed by atoms with Gasteiger partial charge in [0.05, 0.1) is 28.6 Å². The van der Waals surface area contributed by atoms with Gasteiger partial charge in [0.15, 0.2) is 5.69 Å². The van der Waals surface area contributed by atoms with Crippen molar-refractivity contribution in [3.63, 3.8) is 0 Å². The normalized spacial score (nSPS) is 11.0. The minimum Gasteiger partial charge on any atom is -0.319 e. The summed E-state index contributed by atoms with van der Waals surface area (Å²) in [5, 5.41) is 7.30. The number of nitrogens with one attached hydrogen (secondary N) is 1. The van der Waals surface area contributed by atoms with Crippen LogP contribution in [-0.4, -0.2) is 30.2 Å². The number of para-hydroxylation sites is 3. The van der Waals surface area contributed by atoms with E-state index in [1.54, 1.807) is 23.3 Å². The number of carbonyl (C=O) groups is 1. The fourth-order valence-corrected chi connectivity index (χ4v) is 3.36. The molecule has 1 N–H and O–H groups in total. The molecular formula is C23H18N6O. The highest BCUT2D eigenvalue weighted by molar-refractivity contribution is 6.02. The standard InChI is InChI=1S/C23H18N6O/c1-16-13-20(27-29(16)18-7-3-2-4-8-18)23(30)26-17-11-12-22(24-14-17)28-15-25-19-9-5-6-10-21(19)28/h2-15H,1H3,(H,26,30). The molecule has 0 unspecified atom stereocenters. The second kappa shape index (κ2) is 7.29. The molecule has 5 rings (SSSR count). The van der Waals surface area contributed by atoms with Crippen LogP contribution < -0.4 is 5.32 Å². The second-order valence-corrected chi connectivity index (χ2v) is 6.88. The van der Waals surface area contributed by atoms with E-state index in [9.17, 15) is 4.79 Å². The van der Waals surface area contributed by atoms with Gasteiger partial charge in [0.25, 0.3) is 5.91 Å². The number of aryl methyl sites for hydroxylation is 1. The molecule has 7 nitrogen and oxygen atoms in total. The van der Waals surface area contributed by atoms with Gasteiger partial charge in [-0.25, -0.2) is 14.6 Å². The number of aromatic nitrogens is 5. The van der Waals surface area contributed by atoms with Gasteiger partial charge in [-0.2, -0.15) is 5.10 Å². The Kier molecular flexibility index (Phi) is 4.33. The first-order valence-corrected chi connectivity index (χ1v) is 9.51. The SMILES string of the molecule is Cc1cc(C(=O)Nc2ccc(-n3cnc4ccccc43)nc2)nn1-c1ccccc1. The Balaban J connectivity index is 1.36. The van der Waals surface area contributed by atoms with Gasteiger partial charge in [-0.1, -0.05) is 30.3 Å². The molecule has 3 aromatic heterocycles. The van der Waals surface area contributed by atoms with E-state index >= 15 is 0 Å². The Labute approximate surface area is 172 Å². The number of hydrogen-bond acceptors (Lipinski definition) is 4. The zero-order valence-corrected chi connectivity index (χ0v) is 16.2. The average Bonchev–Trinajstić information content (AvgIpc) is 3.39. The summed E-state index contributed by atoms with van der Waals surface area (Å²) in [6.07, 6.45) is 3.37. The molecule has 30 heavy (non-hydrogen) atoms. The highest BCUT2D eigenvalue weighted by Crippen LogP contribution is 2.18. The summed E-state index contributed by atoms with van der Waals surface area (Å²) in [6, 6.07) is 23.0. The Hall–Kier alpha value is -4.26. The first-order valence-electron chi connectivity index (χ1n) is 9.51. The van der Waals surface area contributed by atoms with Crippen molar-refractivity contribution in [1.29, 1.82) is 0 Å². The number of amides is 1. The van der Waals surface area contributed by atoms with Crippen molar-refractivity contribution >= 4 is 22.6 Å². The lowest BCUT2D eigenvalue weighted by Gasteiger charge is -2.06. The van der Waals surface area contributed by atoms with Crippen molar-refractivity contribution in [2.45, 2.75) is 6.92 Å². The highest BCUT2D eigenvalue weighted by Gasteiger charge is 2.14. The summed E-state index contributed by atoms with van der Waals surface area (Å²) in [4.78, 5) is 21.5.